The van der Waals surface area contributed by atoms with Crippen LogP contribution in [0.4, 0.5) is 0 Å². The first-order chi connectivity index (χ1) is 13.2. The van der Waals surface area contributed by atoms with Crippen molar-refractivity contribution in [1.29, 1.82) is 0 Å². The van der Waals surface area contributed by atoms with E-state index >= 15 is 0 Å². The molecule has 3 aromatic rings. The lowest BCUT2D eigenvalue weighted by atomic mass is 10.0. The van der Waals surface area contributed by atoms with Gasteiger partial charge in [0.2, 0.25) is 5.90 Å². The van der Waals surface area contributed by atoms with Crippen molar-refractivity contribution in [3.8, 4) is 11.1 Å². The Morgan fingerprint density at radius 1 is 0.926 bits per heavy atom. The second-order valence-electron chi connectivity index (χ2n) is 6.09. The number of pyridine rings is 1. The molecule has 0 aliphatic carbocycles. The van der Waals surface area contributed by atoms with Gasteiger partial charge < -0.3 is 4.74 Å². The summed E-state index contributed by atoms with van der Waals surface area (Å²) in [5, 5.41) is 0.872. The van der Waals surface area contributed by atoms with E-state index in [1.54, 1.807) is 24.2 Å². The number of aliphatic imine (C=N–C) groups is 1. The molecule has 27 heavy (non-hydrogen) atoms. The van der Waals surface area contributed by atoms with E-state index in [0.717, 1.165) is 5.56 Å². The molecule has 0 bridgehead atoms. The molecule has 0 amide bonds. The molecule has 3 nitrogen and oxygen atoms in total. The van der Waals surface area contributed by atoms with Gasteiger partial charge in [0, 0.05) is 17.3 Å². The zero-order chi connectivity index (χ0) is 18.8. The lowest BCUT2D eigenvalue weighted by molar-refractivity contribution is 0.320. The Kier molecular flexibility index (Phi) is 5.39. The van der Waals surface area contributed by atoms with Gasteiger partial charge in [0.1, 0.15) is 12.6 Å². The summed E-state index contributed by atoms with van der Waals surface area (Å²) in [5.41, 5.74) is 4.06. The van der Waals surface area contributed by atoms with Crippen molar-refractivity contribution >= 4 is 40.9 Å². The Morgan fingerprint density at radius 2 is 1.52 bits per heavy atom. The molecule has 0 N–H and O–H groups in total. The predicted molar refractivity (Wildman–Crippen MR) is 113 cm³/mol. The SMILES string of the molecule is CSc1ccc(-c2ccc(C3COC(c4c(Cl)cncc4Cl)=N3)cc2)cc1. The van der Waals surface area contributed by atoms with Crippen molar-refractivity contribution in [2.24, 2.45) is 4.99 Å². The lowest BCUT2D eigenvalue weighted by Crippen LogP contribution is -2.03. The number of hydrogen-bond donors (Lipinski definition) is 0. The predicted octanol–water partition coefficient (Wildman–Crippen LogP) is 6.30. The molecule has 2 heterocycles. The van der Waals surface area contributed by atoms with Crippen molar-refractivity contribution < 1.29 is 4.74 Å². The van der Waals surface area contributed by atoms with Crippen LogP contribution in [0.25, 0.3) is 11.1 Å². The molecule has 6 heteroatoms. The smallest absolute Gasteiger partial charge is 0.220 e. The minimum absolute atomic E-state index is 0.0757. The summed E-state index contributed by atoms with van der Waals surface area (Å²) in [4.78, 5) is 9.90. The summed E-state index contributed by atoms with van der Waals surface area (Å²) < 4.78 is 5.76. The third kappa shape index (κ3) is 3.84. The summed E-state index contributed by atoms with van der Waals surface area (Å²) in [5.74, 6) is 0.467. The molecule has 0 saturated heterocycles. The molecule has 0 fully saturated rings. The first-order valence-electron chi connectivity index (χ1n) is 8.40. The fourth-order valence-corrected chi connectivity index (χ4v) is 3.91. The first kappa shape index (κ1) is 18.4. The molecule has 0 spiro atoms. The van der Waals surface area contributed by atoms with Crippen molar-refractivity contribution in [1.82, 2.24) is 4.98 Å². The van der Waals surface area contributed by atoms with Crippen LogP contribution >= 0.6 is 35.0 Å². The zero-order valence-corrected chi connectivity index (χ0v) is 16.9. The first-order valence-corrected chi connectivity index (χ1v) is 10.4. The summed E-state index contributed by atoms with van der Waals surface area (Å²) in [6.45, 7) is 0.464. The highest BCUT2D eigenvalue weighted by Gasteiger charge is 2.25. The van der Waals surface area contributed by atoms with Crippen LogP contribution in [0.2, 0.25) is 10.0 Å². The number of nitrogens with zero attached hydrogens (tertiary/aromatic N) is 2. The lowest BCUT2D eigenvalue weighted by Gasteiger charge is -2.08. The summed E-state index contributed by atoms with van der Waals surface area (Å²) in [6.07, 6.45) is 5.16. The molecule has 4 rings (SSSR count). The highest BCUT2D eigenvalue weighted by atomic mass is 35.5. The van der Waals surface area contributed by atoms with E-state index < -0.39 is 0 Å². The molecule has 1 aliphatic heterocycles. The normalized spacial score (nSPS) is 16.1. The topological polar surface area (TPSA) is 34.5 Å². The van der Waals surface area contributed by atoms with Gasteiger partial charge in [-0.3, -0.25) is 4.98 Å². The molecule has 1 unspecified atom stereocenters. The molecule has 1 aliphatic rings. The van der Waals surface area contributed by atoms with Crippen LogP contribution in [0.1, 0.15) is 17.2 Å². The van der Waals surface area contributed by atoms with E-state index in [-0.39, 0.29) is 6.04 Å². The molecule has 0 saturated carbocycles. The standard InChI is InChI=1S/C21H16Cl2N2OS/c1-27-16-8-6-14(7-9-16)13-2-4-15(5-3-13)19-12-26-21(25-19)20-17(22)10-24-11-18(20)23/h2-11,19H,12H2,1H3. The van der Waals surface area contributed by atoms with Crippen molar-refractivity contribution in [2.75, 3.05) is 12.9 Å². The third-order valence-corrected chi connectivity index (χ3v) is 5.75. The number of rotatable bonds is 4. The minimum atomic E-state index is -0.0757. The maximum atomic E-state index is 6.20. The summed E-state index contributed by atoms with van der Waals surface area (Å²) in [7, 11) is 0. The number of hydrogen-bond acceptors (Lipinski definition) is 4. The molecular formula is C21H16Cl2N2OS. The van der Waals surface area contributed by atoms with Gasteiger partial charge >= 0.3 is 0 Å². The number of halogens is 2. The van der Waals surface area contributed by atoms with Crippen LogP contribution in [0, 0.1) is 0 Å². The Balaban J connectivity index is 1.57. The van der Waals surface area contributed by atoms with Crippen LogP contribution in [0.3, 0.4) is 0 Å². The van der Waals surface area contributed by atoms with Crippen LogP contribution in [-0.4, -0.2) is 23.7 Å². The highest BCUT2D eigenvalue weighted by Crippen LogP contribution is 2.32. The van der Waals surface area contributed by atoms with E-state index in [2.05, 4.69) is 64.8 Å². The van der Waals surface area contributed by atoms with E-state index in [4.69, 9.17) is 27.9 Å². The Labute approximate surface area is 172 Å². The van der Waals surface area contributed by atoms with Gasteiger partial charge in [0.05, 0.1) is 15.6 Å². The average Bonchev–Trinajstić information content (AvgIpc) is 3.18. The molecule has 1 atom stereocenters. The number of ether oxygens (including phenoxy) is 1. The van der Waals surface area contributed by atoms with E-state index in [1.807, 2.05) is 0 Å². The largest absolute Gasteiger partial charge is 0.475 e. The molecule has 2 aromatic carbocycles. The molecule has 1 aromatic heterocycles. The van der Waals surface area contributed by atoms with Crippen LogP contribution in [0.15, 0.2) is 70.8 Å². The Morgan fingerprint density at radius 3 is 2.11 bits per heavy atom. The van der Waals surface area contributed by atoms with Crippen LogP contribution in [0.5, 0.6) is 0 Å². The van der Waals surface area contributed by atoms with Crippen LogP contribution in [-0.2, 0) is 4.74 Å². The number of thioether (sulfide) groups is 1. The fraction of sp³-hybridized carbons (Fsp3) is 0.143. The number of aromatic nitrogens is 1. The highest BCUT2D eigenvalue weighted by molar-refractivity contribution is 7.98. The maximum Gasteiger partial charge on any atom is 0.220 e. The third-order valence-electron chi connectivity index (χ3n) is 4.44. The van der Waals surface area contributed by atoms with Gasteiger partial charge in [-0.15, -0.1) is 11.8 Å². The average molecular weight is 415 g/mol. The maximum absolute atomic E-state index is 6.20. The fourth-order valence-electron chi connectivity index (χ4n) is 2.98. The second kappa shape index (κ2) is 7.93. The number of benzene rings is 2. The van der Waals surface area contributed by atoms with Crippen molar-refractivity contribution in [3.05, 3.63) is 82.1 Å². The molecule has 136 valence electrons. The van der Waals surface area contributed by atoms with Crippen molar-refractivity contribution in [2.45, 2.75) is 10.9 Å². The second-order valence-corrected chi connectivity index (χ2v) is 7.78. The van der Waals surface area contributed by atoms with E-state index in [9.17, 15) is 0 Å². The molecule has 0 radical (unpaired) electrons. The Hall–Kier alpha value is -2.01. The summed E-state index contributed by atoms with van der Waals surface area (Å²) >= 11 is 14.1. The van der Waals surface area contributed by atoms with Gasteiger partial charge in [0.15, 0.2) is 0 Å². The van der Waals surface area contributed by atoms with Gasteiger partial charge in [-0.25, -0.2) is 4.99 Å². The van der Waals surface area contributed by atoms with Gasteiger partial charge in [-0.05, 0) is 35.1 Å². The zero-order valence-electron chi connectivity index (χ0n) is 14.5. The van der Waals surface area contributed by atoms with Crippen molar-refractivity contribution in [3.63, 3.8) is 0 Å². The van der Waals surface area contributed by atoms with Gasteiger partial charge in [-0.2, -0.15) is 0 Å². The quantitative estimate of drug-likeness (QED) is 0.470. The van der Waals surface area contributed by atoms with Crippen LogP contribution < -0.4 is 0 Å². The van der Waals surface area contributed by atoms with E-state index in [0.29, 0.717) is 28.1 Å². The monoisotopic (exact) mass is 414 g/mol. The summed E-state index contributed by atoms with van der Waals surface area (Å²) in [6, 6.07) is 16.9. The Bertz CT molecular complexity index is 968. The van der Waals surface area contributed by atoms with Gasteiger partial charge in [0.25, 0.3) is 0 Å². The van der Waals surface area contributed by atoms with Gasteiger partial charge in [-0.1, -0.05) is 59.6 Å². The molecular weight excluding hydrogens is 399 g/mol. The minimum Gasteiger partial charge on any atom is -0.475 e. The van der Waals surface area contributed by atoms with E-state index in [1.165, 1.54) is 16.0 Å².